The van der Waals surface area contributed by atoms with Crippen molar-refractivity contribution in [2.75, 3.05) is 6.26 Å². The summed E-state index contributed by atoms with van der Waals surface area (Å²) in [4.78, 5) is 1.33. The lowest BCUT2D eigenvalue weighted by molar-refractivity contribution is -0.176. The first-order valence-corrected chi connectivity index (χ1v) is 3.95. The number of benzene rings is 1. The minimum Gasteiger partial charge on any atom is -0.255 e. The van der Waals surface area contributed by atoms with Crippen LogP contribution in [-0.4, -0.2) is 16.8 Å². The Hall–Kier alpha value is -0.510. The Morgan fingerprint density at radius 1 is 1.10 bits per heavy atom. The Labute approximate surface area is 64.4 Å². The molecule has 10 heavy (non-hydrogen) atoms. The second-order valence-electron chi connectivity index (χ2n) is 1.52. The molecule has 1 aromatic rings. The summed E-state index contributed by atoms with van der Waals surface area (Å²) >= 11 is 1.77. The van der Waals surface area contributed by atoms with E-state index in [0.29, 0.717) is 0 Å². The van der Waals surface area contributed by atoms with Crippen molar-refractivity contribution in [2.45, 2.75) is 4.90 Å². The van der Waals surface area contributed by atoms with Crippen molar-refractivity contribution in [2.24, 2.45) is 0 Å². The molecule has 0 aliphatic heterocycles. The summed E-state index contributed by atoms with van der Waals surface area (Å²) < 4.78 is 0. The Morgan fingerprint density at radius 3 is 1.90 bits per heavy atom. The maximum absolute atomic E-state index is 6.00. The first-order valence-electron chi connectivity index (χ1n) is 2.72. The van der Waals surface area contributed by atoms with Gasteiger partial charge in [0.1, 0.15) is 0 Å². The van der Waals surface area contributed by atoms with E-state index >= 15 is 0 Å². The lowest BCUT2D eigenvalue weighted by atomic mass is 10.4. The summed E-state index contributed by atoms with van der Waals surface area (Å²) in [7, 11) is 0. The number of rotatable bonds is 1. The Balaban J connectivity index is 0.000000371. The maximum Gasteiger partial charge on any atom is 0.00691 e. The molecule has 0 heterocycles. The van der Waals surface area contributed by atoms with Crippen LogP contribution in [0.25, 0.3) is 0 Å². The van der Waals surface area contributed by atoms with Gasteiger partial charge in [0.25, 0.3) is 0 Å². The number of hydrogen-bond donors (Lipinski definition) is 2. The fraction of sp³-hybridized carbons (Fsp3) is 0.143. The highest BCUT2D eigenvalue weighted by Gasteiger charge is 1.80. The summed E-state index contributed by atoms with van der Waals surface area (Å²) in [5, 5.41) is 12.0. The largest absolute Gasteiger partial charge is 0.255 e. The predicted octanol–water partition coefficient (Wildman–Crippen LogP) is 2.43. The second kappa shape index (κ2) is 6.61. The molecule has 1 rings (SSSR count). The Bertz CT molecular complexity index is 153. The molecule has 0 saturated carbocycles. The first kappa shape index (κ1) is 9.49. The van der Waals surface area contributed by atoms with Gasteiger partial charge in [0, 0.05) is 4.90 Å². The standard InChI is InChI=1S/C7H8S.H2O2/c1-8-7-5-3-2-4-6-7;1-2/h2-6H,1H3;1-2H. The van der Waals surface area contributed by atoms with Crippen molar-refractivity contribution in [3.8, 4) is 0 Å². The van der Waals surface area contributed by atoms with Crippen molar-refractivity contribution in [3.63, 3.8) is 0 Å². The van der Waals surface area contributed by atoms with Crippen LogP contribution >= 0.6 is 11.8 Å². The minimum atomic E-state index is 1.33. The van der Waals surface area contributed by atoms with Crippen LogP contribution in [-0.2, 0) is 0 Å². The van der Waals surface area contributed by atoms with Gasteiger partial charge in [-0.15, -0.1) is 11.8 Å². The summed E-state index contributed by atoms with van der Waals surface area (Å²) in [6.45, 7) is 0. The summed E-state index contributed by atoms with van der Waals surface area (Å²) in [5.74, 6) is 0. The molecule has 0 saturated heterocycles. The molecular formula is C7H10O2S. The van der Waals surface area contributed by atoms with Crippen molar-refractivity contribution < 1.29 is 10.5 Å². The molecule has 2 N–H and O–H groups in total. The number of hydrogen-bond acceptors (Lipinski definition) is 3. The maximum atomic E-state index is 6.00. The topological polar surface area (TPSA) is 40.5 Å². The van der Waals surface area contributed by atoms with Crippen LogP contribution in [0.5, 0.6) is 0 Å². The van der Waals surface area contributed by atoms with Crippen LogP contribution in [0.15, 0.2) is 35.2 Å². The van der Waals surface area contributed by atoms with Crippen molar-refractivity contribution in [3.05, 3.63) is 30.3 Å². The molecule has 0 radical (unpaired) electrons. The second-order valence-corrected chi connectivity index (χ2v) is 2.40. The van der Waals surface area contributed by atoms with Crippen LogP contribution in [0, 0.1) is 0 Å². The summed E-state index contributed by atoms with van der Waals surface area (Å²) in [6, 6.07) is 10.3. The summed E-state index contributed by atoms with van der Waals surface area (Å²) in [6.07, 6.45) is 2.08. The van der Waals surface area contributed by atoms with E-state index in [0.717, 1.165) is 0 Å². The quantitative estimate of drug-likeness (QED) is 0.374. The van der Waals surface area contributed by atoms with E-state index in [2.05, 4.69) is 18.4 Å². The number of thioether (sulfide) groups is 1. The highest BCUT2D eigenvalue weighted by Crippen LogP contribution is 2.11. The van der Waals surface area contributed by atoms with Crippen LogP contribution < -0.4 is 0 Å². The molecule has 0 aliphatic carbocycles. The van der Waals surface area contributed by atoms with Gasteiger partial charge in [-0.25, -0.2) is 0 Å². The van der Waals surface area contributed by atoms with Gasteiger partial charge in [0.05, 0.1) is 0 Å². The predicted molar refractivity (Wildman–Crippen MR) is 43.5 cm³/mol. The zero-order chi connectivity index (χ0) is 7.82. The van der Waals surface area contributed by atoms with Crippen molar-refractivity contribution >= 4 is 11.8 Å². The van der Waals surface area contributed by atoms with Gasteiger partial charge in [-0.3, -0.25) is 10.5 Å². The molecule has 0 bridgehead atoms. The molecule has 3 heteroatoms. The molecule has 56 valence electrons. The normalized spacial score (nSPS) is 7.90. The van der Waals surface area contributed by atoms with Crippen LogP contribution in [0.1, 0.15) is 0 Å². The Morgan fingerprint density at radius 2 is 1.60 bits per heavy atom. The molecule has 0 atom stereocenters. The highest BCUT2D eigenvalue weighted by molar-refractivity contribution is 7.98. The molecule has 0 amide bonds. The third kappa shape index (κ3) is 3.50. The zero-order valence-electron chi connectivity index (χ0n) is 5.69. The molecular weight excluding hydrogens is 148 g/mol. The van der Waals surface area contributed by atoms with Gasteiger partial charge in [0.2, 0.25) is 0 Å². The third-order valence-corrected chi connectivity index (χ3v) is 1.72. The van der Waals surface area contributed by atoms with Gasteiger partial charge >= 0.3 is 0 Å². The van der Waals surface area contributed by atoms with E-state index in [1.54, 1.807) is 11.8 Å². The van der Waals surface area contributed by atoms with Gasteiger partial charge < -0.3 is 0 Å². The molecule has 0 aliphatic rings. The molecule has 0 aromatic heterocycles. The molecule has 1 aromatic carbocycles. The smallest absolute Gasteiger partial charge is 0.00691 e. The van der Waals surface area contributed by atoms with Gasteiger partial charge in [-0.05, 0) is 18.4 Å². The van der Waals surface area contributed by atoms with Gasteiger partial charge in [0.15, 0.2) is 0 Å². The average molecular weight is 158 g/mol. The molecule has 0 spiro atoms. The fourth-order valence-corrected chi connectivity index (χ4v) is 0.986. The SMILES string of the molecule is CSc1ccccc1.OO. The zero-order valence-corrected chi connectivity index (χ0v) is 6.51. The van der Waals surface area contributed by atoms with E-state index in [1.165, 1.54) is 4.90 Å². The van der Waals surface area contributed by atoms with E-state index in [1.807, 2.05) is 18.2 Å². The van der Waals surface area contributed by atoms with E-state index in [4.69, 9.17) is 10.5 Å². The van der Waals surface area contributed by atoms with E-state index in [-0.39, 0.29) is 0 Å². The lowest BCUT2D eigenvalue weighted by Gasteiger charge is -1.89. The molecule has 2 nitrogen and oxygen atoms in total. The summed E-state index contributed by atoms with van der Waals surface area (Å²) in [5.41, 5.74) is 0. The molecule has 0 fully saturated rings. The van der Waals surface area contributed by atoms with Crippen LogP contribution in [0.2, 0.25) is 0 Å². The highest BCUT2D eigenvalue weighted by atomic mass is 32.2. The van der Waals surface area contributed by atoms with Crippen molar-refractivity contribution in [1.29, 1.82) is 0 Å². The molecule has 0 unspecified atom stereocenters. The van der Waals surface area contributed by atoms with Crippen molar-refractivity contribution in [1.82, 2.24) is 0 Å². The van der Waals surface area contributed by atoms with E-state index < -0.39 is 0 Å². The van der Waals surface area contributed by atoms with Gasteiger partial charge in [-0.1, -0.05) is 18.2 Å². The fourth-order valence-electron chi connectivity index (χ4n) is 0.557. The lowest BCUT2D eigenvalue weighted by Crippen LogP contribution is -1.62. The van der Waals surface area contributed by atoms with Gasteiger partial charge in [-0.2, -0.15) is 0 Å². The minimum absolute atomic E-state index is 1.33. The Kier molecular flexibility index (Phi) is 6.27. The third-order valence-electron chi connectivity index (χ3n) is 0.979. The van der Waals surface area contributed by atoms with Crippen LogP contribution in [0.3, 0.4) is 0 Å². The van der Waals surface area contributed by atoms with Crippen LogP contribution in [0.4, 0.5) is 0 Å². The first-order chi connectivity index (χ1) is 4.93. The van der Waals surface area contributed by atoms with E-state index in [9.17, 15) is 0 Å². The average Bonchev–Trinajstić information content (AvgIpc) is 2.10. The monoisotopic (exact) mass is 158 g/mol.